The molecule has 0 radical (unpaired) electrons. The van der Waals surface area contributed by atoms with Crippen molar-refractivity contribution < 1.29 is 4.74 Å². The molecule has 0 unspecified atom stereocenters. The molecule has 3 aromatic heterocycles. The van der Waals surface area contributed by atoms with Gasteiger partial charge >= 0.3 is 6.01 Å². The second-order valence-corrected chi connectivity index (χ2v) is 7.79. The number of pyridine rings is 1. The van der Waals surface area contributed by atoms with Crippen LogP contribution in [0.1, 0.15) is 5.69 Å². The van der Waals surface area contributed by atoms with Crippen LogP contribution in [0.3, 0.4) is 0 Å². The topological polar surface area (TPSA) is 78.9 Å². The number of rotatable bonds is 6. The molecular formula is C26H20ClN5O. The van der Waals surface area contributed by atoms with E-state index in [1.54, 1.807) is 24.5 Å². The van der Waals surface area contributed by atoms with Crippen LogP contribution in [0, 0.1) is 0 Å². The van der Waals surface area contributed by atoms with Crippen LogP contribution >= 0.6 is 11.6 Å². The molecule has 0 spiro atoms. The van der Waals surface area contributed by atoms with Gasteiger partial charge in [-0.3, -0.25) is 0 Å². The Kier molecular flexibility index (Phi) is 5.74. The lowest BCUT2D eigenvalue weighted by molar-refractivity contribution is 0.442. The van der Waals surface area contributed by atoms with Crippen LogP contribution in [0.25, 0.3) is 22.5 Å². The lowest BCUT2D eigenvalue weighted by Crippen LogP contribution is -2.06. The fourth-order valence-corrected chi connectivity index (χ4v) is 3.91. The van der Waals surface area contributed by atoms with Gasteiger partial charge in [-0.2, -0.15) is 0 Å². The quantitative estimate of drug-likeness (QED) is 0.337. The zero-order valence-corrected chi connectivity index (χ0v) is 18.4. The summed E-state index contributed by atoms with van der Waals surface area (Å²) in [5.41, 5.74) is 10.8. The third-order valence-corrected chi connectivity index (χ3v) is 5.51. The smallest absolute Gasteiger partial charge is 0.321 e. The number of benzene rings is 2. The van der Waals surface area contributed by atoms with Gasteiger partial charge in [-0.15, -0.1) is 0 Å². The molecule has 5 rings (SSSR count). The van der Waals surface area contributed by atoms with Crippen LogP contribution in [0.5, 0.6) is 11.8 Å². The molecule has 6 nitrogen and oxygen atoms in total. The average molecular weight is 454 g/mol. The highest BCUT2D eigenvalue weighted by Gasteiger charge is 2.15. The number of nitrogens with two attached hydrogens (primary N) is 1. The van der Waals surface area contributed by atoms with E-state index in [1.807, 2.05) is 60.7 Å². The molecule has 2 N–H and O–H groups in total. The molecule has 162 valence electrons. The zero-order chi connectivity index (χ0) is 22.6. The van der Waals surface area contributed by atoms with Crippen molar-refractivity contribution in [1.82, 2.24) is 19.5 Å². The molecule has 0 aliphatic heterocycles. The van der Waals surface area contributed by atoms with Gasteiger partial charge in [0.1, 0.15) is 11.6 Å². The summed E-state index contributed by atoms with van der Waals surface area (Å²) in [6.07, 6.45) is 3.29. The number of ether oxygens (including phenoxy) is 1. The Bertz CT molecular complexity index is 1380. The van der Waals surface area contributed by atoms with Gasteiger partial charge in [0.25, 0.3) is 0 Å². The van der Waals surface area contributed by atoms with Crippen molar-refractivity contribution in [3.63, 3.8) is 0 Å². The number of nitrogen functional groups attached to an aromatic ring is 1. The molecule has 0 amide bonds. The second kappa shape index (κ2) is 9.14. The maximum absolute atomic E-state index is 6.53. The van der Waals surface area contributed by atoms with Crippen molar-refractivity contribution in [2.45, 2.75) is 6.54 Å². The maximum Gasteiger partial charge on any atom is 0.321 e. The molecular weight excluding hydrogens is 434 g/mol. The monoisotopic (exact) mass is 453 g/mol. The Morgan fingerprint density at radius 2 is 1.55 bits per heavy atom. The van der Waals surface area contributed by atoms with Crippen molar-refractivity contribution >= 4 is 17.4 Å². The van der Waals surface area contributed by atoms with E-state index in [0.717, 1.165) is 28.2 Å². The summed E-state index contributed by atoms with van der Waals surface area (Å²) in [4.78, 5) is 12.7. The Labute approximate surface area is 196 Å². The first-order chi connectivity index (χ1) is 16.2. The summed E-state index contributed by atoms with van der Waals surface area (Å²) in [6.45, 7) is 0.546. The molecule has 0 aliphatic rings. The van der Waals surface area contributed by atoms with E-state index in [4.69, 9.17) is 22.1 Å². The van der Waals surface area contributed by atoms with Crippen molar-refractivity contribution in [3.8, 4) is 34.3 Å². The van der Waals surface area contributed by atoms with E-state index in [0.29, 0.717) is 29.1 Å². The summed E-state index contributed by atoms with van der Waals surface area (Å²) in [7, 11) is 0. The Balaban J connectivity index is 1.53. The number of hydrogen-bond donors (Lipinski definition) is 1. The fourth-order valence-electron chi connectivity index (χ4n) is 3.68. The van der Waals surface area contributed by atoms with Crippen LogP contribution in [0.15, 0.2) is 97.3 Å². The van der Waals surface area contributed by atoms with Gasteiger partial charge in [0.2, 0.25) is 0 Å². The molecule has 5 aromatic rings. The molecule has 0 aliphatic carbocycles. The van der Waals surface area contributed by atoms with Gasteiger partial charge in [0.05, 0.1) is 17.9 Å². The first-order valence-corrected chi connectivity index (χ1v) is 10.8. The summed E-state index contributed by atoms with van der Waals surface area (Å²) in [5, 5.41) is 0.690. The number of anilines is 1. The Morgan fingerprint density at radius 1 is 0.788 bits per heavy atom. The SMILES string of the molecule is Nc1cccc(Cn2c(-c3ccc(Oc4ncccn4)cc3)ccc2-c2ccccc2Cl)n1. The molecule has 0 atom stereocenters. The van der Waals surface area contributed by atoms with Gasteiger partial charge in [-0.1, -0.05) is 35.9 Å². The minimum absolute atomic E-state index is 0.308. The summed E-state index contributed by atoms with van der Waals surface area (Å²) in [5.74, 6) is 1.15. The number of hydrogen-bond acceptors (Lipinski definition) is 5. The average Bonchev–Trinajstić information content (AvgIpc) is 3.24. The molecule has 0 saturated heterocycles. The Morgan fingerprint density at radius 3 is 2.30 bits per heavy atom. The van der Waals surface area contributed by atoms with E-state index >= 15 is 0 Å². The predicted octanol–water partition coefficient (Wildman–Crippen LogP) is 6.08. The van der Waals surface area contributed by atoms with E-state index in [2.05, 4.69) is 31.7 Å². The first-order valence-electron chi connectivity index (χ1n) is 10.4. The lowest BCUT2D eigenvalue weighted by Gasteiger charge is -2.15. The largest absolute Gasteiger partial charge is 0.424 e. The van der Waals surface area contributed by atoms with Crippen molar-refractivity contribution in [1.29, 1.82) is 0 Å². The molecule has 0 saturated carbocycles. The van der Waals surface area contributed by atoms with Gasteiger partial charge in [-0.05, 0) is 66.2 Å². The molecule has 2 aromatic carbocycles. The van der Waals surface area contributed by atoms with Gasteiger partial charge < -0.3 is 15.0 Å². The van der Waals surface area contributed by atoms with Crippen LogP contribution < -0.4 is 10.5 Å². The van der Waals surface area contributed by atoms with Crippen molar-refractivity contribution in [2.75, 3.05) is 5.73 Å². The minimum atomic E-state index is 0.308. The highest BCUT2D eigenvalue weighted by Crippen LogP contribution is 2.34. The molecule has 7 heteroatoms. The first kappa shape index (κ1) is 20.7. The second-order valence-electron chi connectivity index (χ2n) is 7.38. The molecule has 33 heavy (non-hydrogen) atoms. The zero-order valence-electron chi connectivity index (χ0n) is 17.6. The van der Waals surface area contributed by atoms with Gasteiger partial charge in [0.15, 0.2) is 0 Å². The van der Waals surface area contributed by atoms with Gasteiger partial charge in [0, 0.05) is 28.7 Å². The predicted molar refractivity (Wildman–Crippen MR) is 130 cm³/mol. The number of halogens is 1. The third-order valence-electron chi connectivity index (χ3n) is 5.18. The van der Waals surface area contributed by atoms with Crippen LogP contribution in [-0.2, 0) is 6.54 Å². The third kappa shape index (κ3) is 4.56. The standard InChI is InChI=1S/C26H20ClN5O/c27-22-7-2-1-6-21(22)24-14-13-23(32(24)17-19-5-3-8-25(28)31-19)18-9-11-20(12-10-18)33-26-29-15-4-16-30-26/h1-16H,17H2,(H2,28,31). The van der Waals surface area contributed by atoms with Crippen molar-refractivity contribution in [2.24, 2.45) is 0 Å². The van der Waals surface area contributed by atoms with Gasteiger partial charge in [-0.25, -0.2) is 15.0 Å². The fraction of sp³-hybridized carbons (Fsp3) is 0.0385. The summed E-state index contributed by atoms with van der Waals surface area (Å²) < 4.78 is 7.92. The van der Waals surface area contributed by atoms with Crippen molar-refractivity contribution in [3.05, 3.63) is 108 Å². The highest BCUT2D eigenvalue weighted by atomic mass is 35.5. The number of aromatic nitrogens is 4. The van der Waals surface area contributed by atoms with Crippen LogP contribution in [-0.4, -0.2) is 19.5 Å². The summed E-state index contributed by atoms with van der Waals surface area (Å²) >= 11 is 6.53. The highest BCUT2D eigenvalue weighted by molar-refractivity contribution is 6.33. The lowest BCUT2D eigenvalue weighted by atomic mass is 10.1. The molecule has 0 bridgehead atoms. The van der Waals surface area contributed by atoms with E-state index in [-0.39, 0.29) is 0 Å². The minimum Gasteiger partial charge on any atom is -0.424 e. The maximum atomic E-state index is 6.53. The summed E-state index contributed by atoms with van der Waals surface area (Å²) in [6, 6.07) is 27.5. The van der Waals surface area contributed by atoms with E-state index < -0.39 is 0 Å². The molecule has 3 heterocycles. The van der Waals surface area contributed by atoms with E-state index in [1.165, 1.54) is 0 Å². The Hall–Kier alpha value is -4.16. The van der Waals surface area contributed by atoms with Crippen LogP contribution in [0.4, 0.5) is 5.82 Å². The van der Waals surface area contributed by atoms with Crippen LogP contribution in [0.2, 0.25) is 5.02 Å². The normalized spacial score (nSPS) is 10.8. The van der Waals surface area contributed by atoms with E-state index in [9.17, 15) is 0 Å². The number of nitrogens with zero attached hydrogens (tertiary/aromatic N) is 4. The molecule has 0 fully saturated rings.